The maximum atomic E-state index is 13.3. The highest BCUT2D eigenvalue weighted by atomic mass is 32.2. The standard InChI is InChI=1S/C16H23N3O3S2/c1-10-8-15(13(4)23-10)24(20,21)19-6-7-22-9-14(19)16-11(2)17-18(5)12(16)3/h8,14H,6-7,9H2,1-5H3/t14-/m1/s1. The van der Waals surface area contributed by atoms with Crippen LogP contribution in [0.25, 0.3) is 0 Å². The molecule has 1 aliphatic heterocycles. The van der Waals surface area contributed by atoms with E-state index in [2.05, 4.69) is 5.10 Å². The first kappa shape index (κ1) is 17.6. The Hall–Kier alpha value is -1.22. The first-order chi connectivity index (χ1) is 11.2. The van der Waals surface area contributed by atoms with Gasteiger partial charge in [0, 0.05) is 34.6 Å². The van der Waals surface area contributed by atoms with Crippen LogP contribution in [0.1, 0.15) is 32.7 Å². The van der Waals surface area contributed by atoms with E-state index in [1.807, 2.05) is 34.7 Å². The molecule has 0 spiro atoms. The third-order valence-corrected chi connectivity index (χ3v) is 7.69. The van der Waals surface area contributed by atoms with Crippen LogP contribution in [0.3, 0.4) is 0 Å². The lowest BCUT2D eigenvalue weighted by Crippen LogP contribution is -2.43. The fraction of sp³-hybridized carbons (Fsp3) is 0.562. The molecular formula is C16H23N3O3S2. The quantitative estimate of drug-likeness (QED) is 0.834. The van der Waals surface area contributed by atoms with Gasteiger partial charge < -0.3 is 4.74 Å². The largest absolute Gasteiger partial charge is 0.378 e. The van der Waals surface area contributed by atoms with Gasteiger partial charge in [0.25, 0.3) is 0 Å². The minimum Gasteiger partial charge on any atom is -0.378 e. The third-order valence-electron chi connectivity index (χ3n) is 4.56. The van der Waals surface area contributed by atoms with Crippen molar-refractivity contribution in [3.63, 3.8) is 0 Å². The lowest BCUT2D eigenvalue weighted by Gasteiger charge is -2.35. The molecule has 0 bridgehead atoms. The Labute approximate surface area is 147 Å². The van der Waals surface area contributed by atoms with Gasteiger partial charge in [-0.3, -0.25) is 4.68 Å². The van der Waals surface area contributed by atoms with Crippen LogP contribution in [0, 0.1) is 27.7 Å². The molecule has 24 heavy (non-hydrogen) atoms. The van der Waals surface area contributed by atoms with E-state index in [9.17, 15) is 8.42 Å². The Morgan fingerprint density at radius 2 is 2.00 bits per heavy atom. The predicted molar refractivity (Wildman–Crippen MR) is 93.9 cm³/mol. The molecule has 0 saturated carbocycles. The number of hydrogen-bond acceptors (Lipinski definition) is 5. The van der Waals surface area contributed by atoms with Gasteiger partial charge in [-0.15, -0.1) is 11.3 Å². The Bertz CT molecular complexity index is 868. The summed E-state index contributed by atoms with van der Waals surface area (Å²) < 4.78 is 35.6. The number of morpholine rings is 1. The molecule has 8 heteroatoms. The van der Waals surface area contributed by atoms with Gasteiger partial charge in [0.2, 0.25) is 10.0 Å². The first-order valence-corrected chi connectivity index (χ1v) is 10.2. The summed E-state index contributed by atoms with van der Waals surface area (Å²) in [5.41, 5.74) is 2.77. The van der Waals surface area contributed by atoms with Gasteiger partial charge in [0.1, 0.15) is 0 Å². The van der Waals surface area contributed by atoms with E-state index < -0.39 is 10.0 Å². The van der Waals surface area contributed by atoms with Crippen molar-refractivity contribution in [3.8, 4) is 0 Å². The summed E-state index contributed by atoms with van der Waals surface area (Å²) in [5.74, 6) is 0. The average molecular weight is 370 g/mol. The van der Waals surface area contributed by atoms with Gasteiger partial charge in [-0.25, -0.2) is 8.42 Å². The van der Waals surface area contributed by atoms with E-state index in [1.54, 1.807) is 15.1 Å². The molecule has 2 aromatic rings. The minimum atomic E-state index is -3.57. The Morgan fingerprint density at radius 3 is 2.54 bits per heavy atom. The molecule has 1 atom stereocenters. The summed E-state index contributed by atoms with van der Waals surface area (Å²) in [6.45, 7) is 8.81. The molecule has 0 aromatic carbocycles. The summed E-state index contributed by atoms with van der Waals surface area (Å²) in [4.78, 5) is 2.25. The molecule has 0 unspecified atom stereocenters. The summed E-state index contributed by atoms with van der Waals surface area (Å²) >= 11 is 1.51. The van der Waals surface area contributed by atoms with E-state index in [1.165, 1.54) is 11.3 Å². The molecule has 3 rings (SSSR count). The second-order valence-corrected chi connectivity index (χ2v) is 9.51. The van der Waals surface area contributed by atoms with Crippen molar-refractivity contribution in [2.75, 3.05) is 19.8 Å². The van der Waals surface area contributed by atoms with Crippen LogP contribution in [-0.2, 0) is 21.8 Å². The smallest absolute Gasteiger partial charge is 0.244 e. The Kier molecular flexibility index (Phi) is 4.59. The number of hydrogen-bond donors (Lipinski definition) is 0. The molecule has 1 saturated heterocycles. The fourth-order valence-electron chi connectivity index (χ4n) is 3.37. The topological polar surface area (TPSA) is 64.4 Å². The van der Waals surface area contributed by atoms with Gasteiger partial charge in [-0.1, -0.05) is 0 Å². The van der Waals surface area contributed by atoms with Gasteiger partial charge in [0.05, 0.1) is 29.8 Å². The Balaban J connectivity index is 2.09. The van der Waals surface area contributed by atoms with E-state index in [-0.39, 0.29) is 6.04 Å². The molecule has 0 N–H and O–H groups in total. The molecule has 3 heterocycles. The van der Waals surface area contributed by atoms with Crippen LogP contribution in [0.15, 0.2) is 11.0 Å². The van der Waals surface area contributed by atoms with E-state index in [0.29, 0.717) is 24.7 Å². The fourth-order valence-corrected chi connectivity index (χ4v) is 6.46. The highest BCUT2D eigenvalue weighted by molar-refractivity contribution is 7.89. The first-order valence-electron chi connectivity index (χ1n) is 7.90. The molecule has 2 aromatic heterocycles. The van der Waals surface area contributed by atoms with Crippen molar-refractivity contribution in [1.29, 1.82) is 0 Å². The van der Waals surface area contributed by atoms with Crippen LogP contribution in [-0.4, -0.2) is 42.3 Å². The number of thiophene rings is 1. The summed E-state index contributed by atoms with van der Waals surface area (Å²) in [5, 5.41) is 4.44. The lowest BCUT2D eigenvalue weighted by atomic mass is 10.0. The van der Waals surface area contributed by atoms with Crippen molar-refractivity contribution >= 4 is 21.4 Å². The van der Waals surface area contributed by atoms with Crippen LogP contribution in [0.4, 0.5) is 0 Å². The molecular weight excluding hydrogens is 346 g/mol. The van der Waals surface area contributed by atoms with Crippen LogP contribution >= 0.6 is 11.3 Å². The van der Waals surface area contributed by atoms with Crippen LogP contribution < -0.4 is 0 Å². The molecule has 132 valence electrons. The zero-order valence-electron chi connectivity index (χ0n) is 14.7. The van der Waals surface area contributed by atoms with Gasteiger partial charge in [-0.2, -0.15) is 9.40 Å². The van der Waals surface area contributed by atoms with Crippen molar-refractivity contribution in [1.82, 2.24) is 14.1 Å². The highest BCUT2D eigenvalue weighted by Gasteiger charge is 2.38. The van der Waals surface area contributed by atoms with Gasteiger partial charge >= 0.3 is 0 Å². The molecule has 6 nitrogen and oxygen atoms in total. The van der Waals surface area contributed by atoms with Crippen LogP contribution in [0.2, 0.25) is 0 Å². The number of sulfonamides is 1. The van der Waals surface area contributed by atoms with Crippen LogP contribution in [0.5, 0.6) is 0 Å². The van der Waals surface area contributed by atoms with Crippen molar-refractivity contribution in [2.45, 2.75) is 38.6 Å². The maximum absolute atomic E-state index is 13.3. The van der Waals surface area contributed by atoms with Gasteiger partial charge in [0.15, 0.2) is 0 Å². The number of aryl methyl sites for hydroxylation is 4. The lowest BCUT2D eigenvalue weighted by molar-refractivity contribution is 0.0316. The maximum Gasteiger partial charge on any atom is 0.244 e. The zero-order valence-corrected chi connectivity index (χ0v) is 16.3. The SMILES string of the molecule is Cc1cc(S(=O)(=O)N2CCOC[C@@H]2c2c(C)nn(C)c2C)c(C)s1. The summed E-state index contributed by atoms with van der Waals surface area (Å²) in [7, 11) is -1.69. The number of rotatable bonds is 3. The third kappa shape index (κ3) is 2.81. The monoisotopic (exact) mass is 369 g/mol. The van der Waals surface area contributed by atoms with E-state index in [4.69, 9.17) is 4.74 Å². The summed E-state index contributed by atoms with van der Waals surface area (Å²) in [6.07, 6.45) is 0. The number of aromatic nitrogens is 2. The Morgan fingerprint density at radius 1 is 1.29 bits per heavy atom. The zero-order chi connectivity index (χ0) is 17.6. The van der Waals surface area contributed by atoms with E-state index in [0.717, 1.165) is 26.7 Å². The van der Waals surface area contributed by atoms with Crippen molar-refractivity contribution in [2.24, 2.45) is 7.05 Å². The molecule has 1 fully saturated rings. The predicted octanol–water partition coefficient (Wildman–Crippen LogP) is 2.48. The van der Waals surface area contributed by atoms with Crippen molar-refractivity contribution < 1.29 is 13.2 Å². The number of ether oxygens (including phenoxy) is 1. The second-order valence-electron chi connectivity index (χ2n) is 6.19. The average Bonchev–Trinajstić information content (AvgIpc) is 2.98. The normalized spacial score (nSPS) is 19.8. The second kappa shape index (κ2) is 6.25. The van der Waals surface area contributed by atoms with Crippen molar-refractivity contribution in [3.05, 3.63) is 32.8 Å². The number of nitrogens with zero attached hydrogens (tertiary/aromatic N) is 3. The molecule has 1 aliphatic rings. The summed E-state index contributed by atoms with van der Waals surface area (Å²) in [6, 6.07) is 1.43. The minimum absolute atomic E-state index is 0.336. The molecule has 0 amide bonds. The van der Waals surface area contributed by atoms with Gasteiger partial charge in [-0.05, 0) is 33.8 Å². The highest BCUT2D eigenvalue weighted by Crippen LogP contribution is 2.36. The molecule has 0 radical (unpaired) electrons. The molecule has 0 aliphatic carbocycles. The van der Waals surface area contributed by atoms with E-state index >= 15 is 0 Å².